The third kappa shape index (κ3) is 4.35. The Labute approximate surface area is 116 Å². The molecule has 3 heteroatoms. The second kappa shape index (κ2) is 6.20. The number of benzene rings is 1. The first kappa shape index (κ1) is 15.7. The normalized spacial score (nSPS) is 11.5. The van der Waals surface area contributed by atoms with Crippen molar-refractivity contribution in [1.82, 2.24) is 0 Å². The van der Waals surface area contributed by atoms with Crippen LogP contribution in [0.4, 0.5) is 5.69 Å². The molecule has 1 amide bonds. The van der Waals surface area contributed by atoms with Crippen LogP contribution in [0.5, 0.6) is 0 Å². The molecule has 0 saturated carbocycles. The number of hydrogen-bond acceptors (Lipinski definition) is 2. The highest BCUT2D eigenvalue weighted by atomic mass is 16.1. The molecule has 0 heterocycles. The predicted molar refractivity (Wildman–Crippen MR) is 81.5 cm³/mol. The minimum atomic E-state index is 0.0418. The number of anilines is 1. The molecule has 3 N–H and O–H groups in total. The van der Waals surface area contributed by atoms with Crippen LogP contribution in [0.1, 0.15) is 50.3 Å². The van der Waals surface area contributed by atoms with Crippen molar-refractivity contribution in [2.24, 2.45) is 5.73 Å². The average Bonchev–Trinajstić information content (AvgIpc) is 2.29. The number of rotatable bonds is 4. The quantitative estimate of drug-likeness (QED) is 0.875. The standard InChI is InChI=1S/C16H26N2O/c1-11-9-13(16(3,4)5)10-12(2)15(11)18-14(19)7-6-8-17/h9-10H,6-8,17H2,1-5H3,(H,18,19). The number of aryl methyl sites for hydroxylation is 2. The lowest BCUT2D eigenvalue weighted by atomic mass is 9.85. The molecule has 0 atom stereocenters. The summed E-state index contributed by atoms with van der Waals surface area (Å²) in [4.78, 5) is 11.8. The van der Waals surface area contributed by atoms with Gasteiger partial charge in [-0.2, -0.15) is 0 Å². The van der Waals surface area contributed by atoms with Gasteiger partial charge in [0, 0.05) is 12.1 Å². The topological polar surface area (TPSA) is 55.1 Å². The van der Waals surface area contributed by atoms with Gasteiger partial charge in [-0.25, -0.2) is 0 Å². The molecule has 3 nitrogen and oxygen atoms in total. The number of carbonyl (C=O) groups excluding carboxylic acids is 1. The fourth-order valence-electron chi connectivity index (χ4n) is 2.06. The van der Waals surface area contributed by atoms with E-state index in [-0.39, 0.29) is 11.3 Å². The van der Waals surface area contributed by atoms with Crippen molar-refractivity contribution in [2.75, 3.05) is 11.9 Å². The van der Waals surface area contributed by atoms with Crippen molar-refractivity contribution < 1.29 is 4.79 Å². The second-order valence-electron chi connectivity index (χ2n) is 6.18. The lowest BCUT2D eigenvalue weighted by Crippen LogP contribution is -2.17. The molecule has 1 aromatic rings. The molecule has 0 aliphatic heterocycles. The minimum Gasteiger partial charge on any atom is -0.330 e. The zero-order chi connectivity index (χ0) is 14.6. The Balaban J connectivity index is 2.95. The van der Waals surface area contributed by atoms with Gasteiger partial charge in [-0.3, -0.25) is 4.79 Å². The molecule has 0 aromatic heterocycles. The van der Waals surface area contributed by atoms with Crippen molar-refractivity contribution in [1.29, 1.82) is 0 Å². The Morgan fingerprint density at radius 3 is 2.16 bits per heavy atom. The van der Waals surface area contributed by atoms with E-state index in [0.717, 1.165) is 23.2 Å². The van der Waals surface area contributed by atoms with E-state index in [2.05, 4.69) is 38.2 Å². The summed E-state index contributed by atoms with van der Waals surface area (Å²) in [7, 11) is 0. The molecule has 1 aromatic carbocycles. The van der Waals surface area contributed by atoms with Crippen LogP contribution in [0.15, 0.2) is 12.1 Å². The molecule has 0 unspecified atom stereocenters. The van der Waals surface area contributed by atoms with Crippen LogP contribution in [0.25, 0.3) is 0 Å². The summed E-state index contributed by atoms with van der Waals surface area (Å²) >= 11 is 0. The first-order valence-electron chi connectivity index (χ1n) is 6.87. The molecule has 19 heavy (non-hydrogen) atoms. The largest absolute Gasteiger partial charge is 0.330 e. The molecular formula is C16H26N2O. The van der Waals surface area contributed by atoms with Gasteiger partial charge in [0.2, 0.25) is 5.91 Å². The van der Waals surface area contributed by atoms with Gasteiger partial charge in [-0.15, -0.1) is 0 Å². The van der Waals surface area contributed by atoms with Crippen LogP contribution in [0.2, 0.25) is 0 Å². The Hall–Kier alpha value is -1.35. The maximum Gasteiger partial charge on any atom is 0.224 e. The second-order valence-corrected chi connectivity index (χ2v) is 6.18. The molecule has 1 rings (SSSR count). The summed E-state index contributed by atoms with van der Waals surface area (Å²) in [5.74, 6) is 0.0418. The maximum absolute atomic E-state index is 11.8. The van der Waals surface area contributed by atoms with Gasteiger partial charge in [0.25, 0.3) is 0 Å². The van der Waals surface area contributed by atoms with E-state index in [4.69, 9.17) is 5.73 Å². The van der Waals surface area contributed by atoms with Gasteiger partial charge in [-0.05, 0) is 48.9 Å². The minimum absolute atomic E-state index is 0.0418. The predicted octanol–water partition coefficient (Wildman–Crippen LogP) is 3.28. The van der Waals surface area contributed by atoms with Crippen LogP contribution in [0, 0.1) is 13.8 Å². The zero-order valence-corrected chi connectivity index (χ0v) is 12.8. The molecular weight excluding hydrogens is 236 g/mol. The first-order valence-corrected chi connectivity index (χ1v) is 6.87. The Kier molecular flexibility index (Phi) is 5.12. The highest BCUT2D eigenvalue weighted by Crippen LogP contribution is 2.29. The van der Waals surface area contributed by atoms with Crippen LogP contribution < -0.4 is 11.1 Å². The molecule has 0 saturated heterocycles. The molecule has 0 bridgehead atoms. The van der Waals surface area contributed by atoms with Gasteiger partial charge in [-0.1, -0.05) is 32.9 Å². The summed E-state index contributed by atoms with van der Waals surface area (Å²) in [5.41, 5.74) is 10.0. The van der Waals surface area contributed by atoms with Crippen molar-refractivity contribution in [3.05, 3.63) is 28.8 Å². The Morgan fingerprint density at radius 1 is 1.21 bits per heavy atom. The van der Waals surface area contributed by atoms with Crippen LogP contribution in [0.3, 0.4) is 0 Å². The van der Waals surface area contributed by atoms with Crippen molar-refractivity contribution >= 4 is 11.6 Å². The van der Waals surface area contributed by atoms with Crippen LogP contribution in [-0.2, 0) is 10.2 Å². The monoisotopic (exact) mass is 262 g/mol. The maximum atomic E-state index is 11.8. The highest BCUT2D eigenvalue weighted by Gasteiger charge is 2.16. The zero-order valence-electron chi connectivity index (χ0n) is 12.8. The number of amides is 1. The molecule has 106 valence electrons. The SMILES string of the molecule is Cc1cc(C(C)(C)C)cc(C)c1NC(=O)CCCN. The Bertz CT molecular complexity index is 435. The van der Waals surface area contributed by atoms with Gasteiger partial charge in [0.1, 0.15) is 0 Å². The van der Waals surface area contributed by atoms with E-state index in [1.165, 1.54) is 5.56 Å². The van der Waals surface area contributed by atoms with Crippen LogP contribution in [-0.4, -0.2) is 12.5 Å². The average molecular weight is 262 g/mol. The number of nitrogens with one attached hydrogen (secondary N) is 1. The van der Waals surface area contributed by atoms with E-state index in [9.17, 15) is 4.79 Å². The first-order chi connectivity index (χ1) is 8.75. The lowest BCUT2D eigenvalue weighted by Gasteiger charge is -2.22. The number of hydrogen-bond donors (Lipinski definition) is 2. The van der Waals surface area contributed by atoms with Gasteiger partial charge < -0.3 is 11.1 Å². The fraction of sp³-hybridized carbons (Fsp3) is 0.562. The summed E-state index contributed by atoms with van der Waals surface area (Å²) in [6.45, 7) is 11.2. The third-order valence-electron chi connectivity index (χ3n) is 3.27. The fourth-order valence-corrected chi connectivity index (χ4v) is 2.06. The summed E-state index contributed by atoms with van der Waals surface area (Å²) in [6.07, 6.45) is 1.21. The summed E-state index contributed by atoms with van der Waals surface area (Å²) in [5, 5.41) is 3.00. The molecule has 0 fully saturated rings. The lowest BCUT2D eigenvalue weighted by molar-refractivity contribution is -0.116. The van der Waals surface area contributed by atoms with Crippen LogP contribution >= 0.6 is 0 Å². The highest BCUT2D eigenvalue weighted by molar-refractivity contribution is 5.92. The number of carbonyl (C=O) groups is 1. The van der Waals surface area contributed by atoms with E-state index < -0.39 is 0 Å². The third-order valence-corrected chi connectivity index (χ3v) is 3.27. The van der Waals surface area contributed by atoms with E-state index in [0.29, 0.717) is 13.0 Å². The smallest absolute Gasteiger partial charge is 0.224 e. The van der Waals surface area contributed by atoms with Gasteiger partial charge in [0.05, 0.1) is 0 Å². The van der Waals surface area contributed by atoms with E-state index in [1.54, 1.807) is 0 Å². The van der Waals surface area contributed by atoms with E-state index in [1.807, 2.05) is 13.8 Å². The van der Waals surface area contributed by atoms with Crippen molar-refractivity contribution in [3.8, 4) is 0 Å². The summed E-state index contributed by atoms with van der Waals surface area (Å²) < 4.78 is 0. The van der Waals surface area contributed by atoms with E-state index >= 15 is 0 Å². The Morgan fingerprint density at radius 2 is 1.74 bits per heavy atom. The van der Waals surface area contributed by atoms with Crippen molar-refractivity contribution in [2.45, 2.75) is 52.9 Å². The summed E-state index contributed by atoms with van der Waals surface area (Å²) in [6, 6.07) is 4.32. The van der Waals surface area contributed by atoms with Gasteiger partial charge >= 0.3 is 0 Å². The molecule has 0 spiro atoms. The number of nitrogens with two attached hydrogens (primary N) is 1. The molecule has 0 radical (unpaired) electrons. The van der Waals surface area contributed by atoms with Gasteiger partial charge in [0.15, 0.2) is 0 Å². The molecule has 0 aliphatic rings. The van der Waals surface area contributed by atoms with Crippen molar-refractivity contribution in [3.63, 3.8) is 0 Å². The molecule has 0 aliphatic carbocycles.